The summed E-state index contributed by atoms with van der Waals surface area (Å²) in [6, 6.07) is 3.92. The molecule has 0 radical (unpaired) electrons. The lowest BCUT2D eigenvalue weighted by Gasteiger charge is -2.36. The standard InChI is InChI=1S/C17H23NO4/c1-11-7-15(11)16-5-3-13(22-16)4-6-17(20)18-8-14(9-19)21-10-12(18)2/h3-6,11-12,14-15,19H,7-10H2,1-2H3/b6-4+. The van der Waals surface area contributed by atoms with Crippen LogP contribution >= 0.6 is 0 Å². The molecule has 1 amide bonds. The van der Waals surface area contributed by atoms with Gasteiger partial charge >= 0.3 is 0 Å². The van der Waals surface area contributed by atoms with Gasteiger partial charge < -0.3 is 19.2 Å². The molecule has 0 bridgehead atoms. The van der Waals surface area contributed by atoms with Crippen molar-refractivity contribution in [2.75, 3.05) is 19.8 Å². The minimum atomic E-state index is -0.292. The maximum atomic E-state index is 12.3. The van der Waals surface area contributed by atoms with Gasteiger partial charge in [-0.3, -0.25) is 4.79 Å². The molecule has 120 valence electrons. The second-order valence-corrected chi connectivity index (χ2v) is 6.37. The van der Waals surface area contributed by atoms with Crippen LogP contribution in [0.4, 0.5) is 0 Å². The summed E-state index contributed by atoms with van der Waals surface area (Å²) >= 11 is 0. The van der Waals surface area contributed by atoms with Crippen LogP contribution in [0.15, 0.2) is 22.6 Å². The zero-order valence-electron chi connectivity index (χ0n) is 13.1. The molecular weight excluding hydrogens is 282 g/mol. The lowest BCUT2D eigenvalue weighted by atomic mass is 10.2. The molecule has 2 fully saturated rings. The smallest absolute Gasteiger partial charge is 0.247 e. The summed E-state index contributed by atoms with van der Waals surface area (Å²) in [6.45, 7) is 4.96. The van der Waals surface area contributed by atoms with Crippen molar-refractivity contribution < 1.29 is 19.1 Å². The third kappa shape index (κ3) is 3.25. The van der Waals surface area contributed by atoms with E-state index in [-0.39, 0.29) is 24.7 Å². The highest BCUT2D eigenvalue weighted by molar-refractivity contribution is 5.91. The monoisotopic (exact) mass is 305 g/mol. The molecule has 1 saturated heterocycles. The SMILES string of the molecule is CC1CC1c1ccc(/C=C/C(=O)N2CC(CO)OCC2C)o1. The number of hydrogen-bond donors (Lipinski definition) is 1. The number of hydrogen-bond acceptors (Lipinski definition) is 4. The first-order chi connectivity index (χ1) is 10.6. The van der Waals surface area contributed by atoms with E-state index >= 15 is 0 Å². The summed E-state index contributed by atoms with van der Waals surface area (Å²) < 4.78 is 11.2. The Kier molecular flexibility index (Phi) is 4.36. The van der Waals surface area contributed by atoms with Crippen molar-refractivity contribution in [1.29, 1.82) is 0 Å². The Bertz CT molecular complexity index is 565. The van der Waals surface area contributed by atoms with E-state index in [0.29, 0.717) is 30.7 Å². The largest absolute Gasteiger partial charge is 0.461 e. The molecule has 0 aromatic carbocycles. The van der Waals surface area contributed by atoms with Gasteiger partial charge in [0.2, 0.25) is 5.91 Å². The summed E-state index contributed by atoms with van der Waals surface area (Å²) in [4.78, 5) is 14.0. The molecule has 4 atom stereocenters. The van der Waals surface area contributed by atoms with Crippen LogP contribution in [0.1, 0.15) is 37.7 Å². The molecule has 5 heteroatoms. The van der Waals surface area contributed by atoms with E-state index in [2.05, 4.69) is 6.92 Å². The van der Waals surface area contributed by atoms with Gasteiger partial charge in [-0.05, 0) is 37.5 Å². The quantitative estimate of drug-likeness (QED) is 0.865. The molecule has 1 aromatic heterocycles. The average Bonchev–Trinajstić information content (AvgIpc) is 3.07. The average molecular weight is 305 g/mol. The van der Waals surface area contributed by atoms with Crippen molar-refractivity contribution in [1.82, 2.24) is 4.90 Å². The summed E-state index contributed by atoms with van der Waals surface area (Å²) in [7, 11) is 0. The second-order valence-electron chi connectivity index (χ2n) is 6.37. The summed E-state index contributed by atoms with van der Waals surface area (Å²) in [5, 5.41) is 9.17. The Morgan fingerprint density at radius 3 is 2.91 bits per heavy atom. The van der Waals surface area contributed by atoms with Gasteiger partial charge in [0.05, 0.1) is 25.4 Å². The van der Waals surface area contributed by atoms with Crippen LogP contribution in [0.3, 0.4) is 0 Å². The minimum absolute atomic E-state index is 0.0134. The molecule has 22 heavy (non-hydrogen) atoms. The zero-order valence-corrected chi connectivity index (χ0v) is 13.1. The predicted molar refractivity (Wildman–Crippen MR) is 82.3 cm³/mol. The van der Waals surface area contributed by atoms with E-state index in [4.69, 9.17) is 9.15 Å². The van der Waals surface area contributed by atoms with Crippen molar-refractivity contribution >= 4 is 12.0 Å². The van der Waals surface area contributed by atoms with Crippen molar-refractivity contribution in [2.24, 2.45) is 5.92 Å². The number of carbonyl (C=O) groups is 1. The summed E-state index contributed by atoms with van der Waals surface area (Å²) in [6.07, 6.45) is 4.15. The molecule has 4 unspecified atom stereocenters. The normalized spacial score (nSPS) is 31.7. The highest BCUT2D eigenvalue weighted by Gasteiger charge is 2.36. The van der Waals surface area contributed by atoms with Crippen LogP contribution < -0.4 is 0 Å². The van der Waals surface area contributed by atoms with Crippen LogP contribution in [0.25, 0.3) is 6.08 Å². The molecule has 5 nitrogen and oxygen atoms in total. The first kappa shape index (κ1) is 15.3. The molecule has 1 aromatic rings. The van der Waals surface area contributed by atoms with Crippen molar-refractivity contribution in [3.63, 3.8) is 0 Å². The number of furan rings is 1. The third-order valence-corrected chi connectivity index (χ3v) is 4.50. The number of nitrogens with zero attached hydrogens (tertiary/aromatic N) is 1. The van der Waals surface area contributed by atoms with Gasteiger partial charge in [-0.15, -0.1) is 0 Å². The Balaban J connectivity index is 1.61. The van der Waals surface area contributed by atoms with Crippen LogP contribution in [0.5, 0.6) is 0 Å². The number of aliphatic hydroxyl groups is 1. The number of rotatable bonds is 4. The van der Waals surface area contributed by atoms with Crippen LogP contribution in [-0.4, -0.2) is 47.8 Å². The Morgan fingerprint density at radius 2 is 2.23 bits per heavy atom. The van der Waals surface area contributed by atoms with Gasteiger partial charge in [0, 0.05) is 18.5 Å². The van der Waals surface area contributed by atoms with Crippen LogP contribution in [0.2, 0.25) is 0 Å². The fourth-order valence-electron chi connectivity index (χ4n) is 2.86. The number of carbonyl (C=O) groups excluding carboxylic acids is 1. The van der Waals surface area contributed by atoms with Gasteiger partial charge in [0.1, 0.15) is 11.5 Å². The first-order valence-corrected chi connectivity index (χ1v) is 7.89. The fourth-order valence-corrected chi connectivity index (χ4v) is 2.86. The molecule has 1 N–H and O–H groups in total. The minimum Gasteiger partial charge on any atom is -0.461 e. The lowest BCUT2D eigenvalue weighted by molar-refractivity contribution is -0.140. The molecule has 1 saturated carbocycles. The molecule has 2 aliphatic rings. The van der Waals surface area contributed by atoms with Gasteiger partial charge in [-0.1, -0.05) is 6.92 Å². The van der Waals surface area contributed by atoms with E-state index in [1.54, 1.807) is 11.0 Å². The number of morpholine rings is 1. The first-order valence-electron chi connectivity index (χ1n) is 7.89. The van der Waals surface area contributed by atoms with E-state index in [1.807, 2.05) is 19.1 Å². The Labute approximate surface area is 130 Å². The number of ether oxygens (including phenoxy) is 1. The Hall–Kier alpha value is -1.59. The predicted octanol–water partition coefficient (Wildman–Crippen LogP) is 2.02. The zero-order chi connectivity index (χ0) is 15.7. The molecule has 0 spiro atoms. The van der Waals surface area contributed by atoms with E-state index in [1.165, 1.54) is 12.5 Å². The van der Waals surface area contributed by atoms with Crippen molar-refractivity contribution in [3.05, 3.63) is 29.7 Å². The van der Waals surface area contributed by atoms with Gasteiger partial charge in [0.25, 0.3) is 0 Å². The van der Waals surface area contributed by atoms with Gasteiger partial charge in [-0.25, -0.2) is 0 Å². The molecule has 1 aliphatic heterocycles. The van der Waals surface area contributed by atoms with Gasteiger partial charge in [0.15, 0.2) is 0 Å². The maximum absolute atomic E-state index is 12.3. The topological polar surface area (TPSA) is 62.9 Å². The van der Waals surface area contributed by atoms with Crippen molar-refractivity contribution in [3.8, 4) is 0 Å². The summed E-state index contributed by atoms with van der Waals surface area (Å²) in [5.74, 6) is 2.89. The number of aliphatic hydroxyl groups excluding tert-OH is 1. The van der Waals surface area contributed by atoms with Crippen LogP contribution in [0, 0.1) is 5.92 Å². The Morgan fingerprint density at radius 1 is 1.45 bits per heavy atom. The highest BCUT2D eigenvalue weighted by atomic mass is 16.5. The molecule has 2 heterocycles. The molecule has 1 aliphatic carbocycles. The van der Waals surface area contributed by atoms with Gasteiger partial charge in [-0.2, -0.15) is 0 Å². The molecule has 3 rings (SSSR count). The molecular formula is C17H23NO4. The van der Waals surface area contributed by atoms with E-state index in [9.17, 15) is 9.90 Å². The van der Waals surface area contributed by atoms with Crippen LogP contribution in [-0.2, 0) is 9.53 Å². The van der Waals surface area contributed by atoms with E-state index < -0.39 is 0 Å². The fraction of sp³-hybridized carbons (Fsp3) is 0.588. The second kappa shape index (κ2) is 6.26. The number of amides is 1. The third-order valence-electron chi connectivity index (χ3n) is 4.50. The van der Waals surface area contributed by atoms with Crippen molar-refractivity contribution in [2.45, 2.75) is 38.3 Å². The maximum Gasteiger partial charge on any atom is 0.247 e. The lowest BCUT2D eigenvalue weighted by Crippen LogP contribution is -2.51. The van der Waals surface area contributed by atoms with E-state index in [0.717, 1.165) is 5.76 Å². The summed E-state index contributed by atoms with van der Waals surface area (Å²) in [5.41, 5.74) is 0. The highest BCUT2D eigenvalue weighted by Crippen LogP contribution is 2.47.